The van der Waals surface area contributed by atoms with E-state index in [2.05, 4.69) is 28.5 Å². The van der Waals surface area contributed by atoms with Gasteiger partial charge in [-0.2, -0.15) is 0 Å². The van der Waals surface area contributed by atoms with Gasteiger partial charge in [-0.1, -0.05) is 6.07 Å². The SMILES string of the molecule is Cn1cnc2cc(CCC(=O)N3CCNCC3)ccc21. The molecule has 2 aromatic rings. The fourth-order valence-electron chi connectivity index (χ4n) is 2.66. The molecule has 1 aromatic carbocycles. The molecule has 0 unspecified atom stereocenters. The largest absolute Gasteiger partial charge is 0.340 e. The van der Waals surface area contributed by atoms with E-state index in [-0.39, 0.29) is 5.91 Å². The molecule has 5 heteroatoms. The molecule has 0 aliphatic carbocycles. The van der Waals surface area contributed by atoms with E-state index < -0.39 is 0 Å². The van der Waals surface area contributed by atoms with Crippen molar-refractivity contribution in [1.82, 2.24) is 19.8 Å². The molecule has 1 aliphatic heterocycles. The van der Waals surface area contributed by atoms with Gasteiger partial charge in [0.05, 0.1) is 17.4 Å². The Kier molecular flexibility index (Phi) is 3.69. The van der Waals surface area contributed by atoms with Crippen molar-refractivity contribution in [1.29, 1.82) is 0 Å². The van der Waals surface area contributed by atoms with Crippen molar-refractivity contribution in [3.63, 3.8) is 0 Å². The Morgan fingerprint density at radius 1 is 1.35 bits per heavy atom. The Morgan fingerprint density at radius 3 is 2.95 bits per heavy atom. The van der Waals surface area contributed by atoms with E-state index in [9.17, 15) is 4.79 Å². The summed E-state index contributed by atoms with van der Waals surface area (Å²) in [7, 11) is 1.99. The highest BCUT2D eigenvalue weighted by molar-refractivity contribution is 5.78. The minimum atomic E-state index is 0.257. The maximum Gasteiger partial charge on any atom is 0.222 e. The average molecular weight is 272 g/mol. The van der Waals surface area contributed by atoms with Crippen LogP contribution in [-0.2, 0) is 18.3 Å². The zero-order valence-electron chi connectivity index (χ0n) is 11.8. The number of fused-ring (bicyclic) bond motifs is 1. The van der Waals surface area contributed by atoms with Crippen LogP contribution in [0.2, 0.25) is 0 Å². The van der Waals surface area contributed by atoms with Crippen LogP contribution in [-0.4, -0.2) is 46.5 Å². The van der Waals surface area contributed by atoms with E-state index in [4.69, 9.17) is 0 Å². The van der Waals surface area contributed by atoms with Crippen LogP contribution in [0.1, 0.15) is 12.0 Å². The normalized spacial score (nSPS) is 15.8. The van der Waals surface area contributed by atoms with Gasteiger partial charge in [0.15, 0.2) is 0 Å². The van der Waals surface area contributed by atoms with Gasteiger partial charge in [-0.15, -0.1) is 0 Å². The summed E-state index contributed by atoms with van der Waals surface area (Å²) in [5.74, 6) is 0.257. The standard InChI is InChI=1S/C15H20N4O/c1-18-11-17-13-10-12(2-4-14(13)18)3-5-15(20)19-8-6-16-7-9-19/h2,4,10-11,16H,3,5-9H2,1H3. The van der Waals surface area contributed by atoms with Crippen molar-refractivity contribution in [3.05, 3.63) is 30.1 Å². The second-order valence-corrected chi connectivity index (χ2v) is 5.31. The second kappa shape index (κ2) is 5.63. The van der Waals surface area contributed by atoms with Gasteiger partial charge in [0.1, 0.15) is 0 Å². The van der Waals surface area contributed by atoms with E-state index in [1.807, 2.05) is 22.8 Å². The molecular formula is C15H20N4O. The summed E-state index contributed by atoms with van der Waals surface area (Å²) < 4.78 is 2.00. The van der Waals surface area contributed by atoms with Crippen molar-refractivity contribution in [3.8, 4) is 0 Å². The fraction of sp³-hybridized carbons (Fsp3) is 0.467. The number of piperazine rings is 1. The Bertz CT molecular complexity index is 613. The number of aryl methyl sites for hydroxylation is 2. The summed E-state index contributed by atoms with van der Waals surface area (Å²) in [5, 5.41) is 3.26. The number of benzene rings is 1. The zero-order chi connectivity index (χ0) is 13.9. The lowest BCUT2D eigenvalue weighted by molar-refractivity contribution is -0.131. The summed E-state index contributed by atoms with van der Waals surface area (Å²) in [6, 6.07) is 6.25. The van der Waals surface area contributed by atoms with E-state index in [0.717, 1.165) is 43.6 Å². The van der Waals surface area contributed by atoms with Crippen molar-refractivity contribution in [2.24, 2.45) is 7.05 Å². The summed E-state index contributed by atoms with van der Waals surface area (Å²) in [4.78, 5) is 18.4. The molecule has 1 fully saturated rings. The minimum absolute atomic E-state index is 0.257. The molecule has 1 N–H and O–H groups in total. The molecule has 106 valence electrons. The fourth-order valence-corrected chi connectivity index (χ4v) is 2.66. The summed E-state index contributed by atoms with van der Waals surface area (Å²) in [5.41, 5.74) is 3.31. The van der Waals surface area contributed by atoms with E-state index in [0.29, 0.717) is 6.42 Å². The molecule has 3 rings (SSSR count). The number of carbonyl (C=O) groups excluding carboxylic acids is 1. The third-order valence-electron chi connectivity index (χ3n) is 3.89. The molecule has 1 aliphatic rings. The molecule has 1 amide bonds. The number of carbonyl (C=O) groups is 1. The van der Waals surface area contributed by atoms with Gasteiger partial charge in [-0.05, 0) is 24.1 Å². The summed E-state index contributed by atoms with van der Waals surface area (Å²) in [6.45, 7) is 3.48. The van der Waals surface area contributed by atoms with E-state index in [1.54, 1.807) is 0 Å². The molecule has 0 radical (unpaired) electrons. The molecule has 0 spiro atoms. The van der Waals surface area contributed by atoms with E-state index >= 15 is 0 Å². The maximum atomic E-state index is 12.1. The first-order valence-electron chi connectivity index (χ1n) is 7.12. The third kappa shape index (κ3) is 2.67. The maximum absolute atomic E-state index is 12.1. The number of amides is 1. The molecule has 0 bridgehead atoms. The molecular weight excluding hydrogens is 252 g/mol. The third-order valence-corrected chi connectivity index (χ3v) is 3.89. The lowest BCUT2D eigenvalue weighted by atomic mass is 10.1. The van der Waals surface area contributed by atoms with Crippen LogP contribution in [0.4, 0.5) is 0 Å². The van der Waals surface area contributed by atoms with E-state index in [1.165, 1.54) is 5.56 Å². The van der Waals surface area contributed by atoms with Crippen molar-refractivity contribution < 1.29 is 4.79 Å². The Balaban J connectivity index is 1.62. The van der Waals surface area contributed by atoms with Crippen molar-refractivity contribution in [2.75, 3.05) is 26.2 Å². The van der Waals surface area contributed by atoms with Gasteiger partial charge >= 0.3 is 0 Å². The quantitative estimate of drug-likeness (QED) is 0.904. The smallest absolute Gasteiger partial charge is 0.222 e. The molecule has 0 saturated carbocycles. The van der Waals surface area contributed by atoms with Crippen molar-refractivity contribution in [2.45, 2.75) is 12.8 Å². The van der Waals surface area contributed by atoms with Crippen molar-refractivity contribution >= 4 is 16.9 Å². The number of rotatable bonds is 3. The first-order chi connectivity index (χ1) is 9.74. The molecule has 2 heterocycles. The molecule has 0 atom stereocenters. The monoisotopic (exact) mass is 272 g/mol. The average Bonchev–Trinajstić information content (AvgIpc) is 2.87. The summed E-state index contributed by atoms with van der Waals surface area (Å²) in [6.07, 6.45) is 3.19. The molecule has 20 heavy (non-hydrogen) atoms. The minimum Gasteiger partial charge on any atom is -0.340 e. The van der Waals surface area contributed by atoms with Crippen LogP contribution in [0.25, 0.3) is 11.0 Å². The Labute approximate surface area is 118 Å². The van der Waals surface area contributed by atoms with Crippen LogP contribution < -0.4 is 5.32 Å². The van der Waals surface area contributed by atoms with Gasteiger partial charge in [-0.3, -0.25) is 4.79 Å². The van der Waals surface area contributed by atoms with Crippen LogP contribution in [0.3, 0.4) is 0 Å². The zero-order valence-corrected chi connectivity index (χ0v) is 11.8. The molecule has 5 nitrogen and oxygen atoms in total. The number of nitrogens with one attached hydrogen (secondary N) is 1. The second-order valence-electron chi connectivity index (χ2n) is 5.31. The number of hydrogen-bond acceptors (Lipinski definition) is 3. The van der Waals surface area contributed by atoms with Gasteiger partial charge in [0.2, 0.25) is 5.91 Å². The van der Waals surface area contributed by atoms with Crippen LogP contribution in [0, 0.1) is 0 Å². The lowest BCUT2D eigenvalue weighted by Gasteiger charge is -2.27. The highest BCUT2D eigenvalue weighted by Crippen LogP contribution is 2.15. The first kappa shape index (κ1) is 13.1. The van der Waals surface area contributed by atoms with Gasteiger partial charge in [-0.25, -0.2) is 4.98 Å². The summed E-state index contributed by atoms with van der Waals surface area (Å²) >= 11 is 0. The number of aromatic nitrogens is 2. The van der Waals surface area contributed by atoms with Gasteiger partial charge in [0, 0.05) is 39.6 Å². The predicted octanol–water partition coefficient (Wildman–Crippen LogP) is 0.938. The Hall–Kier alpha value is -1.88. The Morgan fingerprint density at radius 2 is 2.15 bits per heavy atom. The lowest BCUT2D eigenvalue weighted by Crippen LogP contribution is -2.46. The molecule has 1 saturated heterocycles. The predicted molar refractivity (Wildman–Crippen MR) is 78.5 cm³/mol. The van der Waals surface area contributed by atoms with Gasteiger partial charge in [0.25, 0.3) is 0 Å². The highest BCUT2D eigenvalue weighted by atomic mass is 16.2. The van der Waals surface area contributed by atoms with Crippen LogP contribution in [0.15, 0.2) is 24.5 Å². The van der Waals surface area contributed by atoms with Crippen LogP contribution in [0.5, 0.6) is 0 Å². The number of hydrogen-bond donors (Lipinski definition) is 1. The highest BCUT2D eigenvalue weighted by Gasteiger charge is 2.15. The van der Waals surface area contributed by atoms with Gasteiger partial charge < -0.3 is 14.8 Å². The van der Waals surface area contributed by atoms with Crippen LogP contribution >= 0.6 is 0 Å². The topological polar surface area (TPSA) is 50.2 Å². The number of imidazole rings is 1. The first-order valence-corrected chi connectivity index (χ1v) is 7.12. The molecule has 1 aromatic heterocycles. The number of nitrogens with zero attached hydrogens (tertiary/aromatic N) is 3.